The topological polar surface area (TPSA) is 65.6 Å². The van der Waals surface area contributed by atoms with Gasteiger partial charge < -0.3 is 15.0 Å². The Kier molecular flexibility index (Phi) is 6.67. The van der Waals surface area contributed by atoms with Crippen LogP contribution in [0, 0.1) is 17.8 Å². The highest BCUT2D eigenvalue weighted by Gasteiger charge is 2.44. The van der Waals surface area contributed by atoms with Gasteiger partial charge in [-0.1, -0.05) is 42.5 Å². The van der Waals surface area contributed by atoms with E-state index in [2.05, 4.69) is 76.6 Å². The van der Waals surface area contributed by atoms with E-state index in [-0.39, 0.29) is 23.9 Å². The van der Waals surface area contributed by atoms with E-state index < -0.39 is 0 Å². The number of ether oxygens (including phenoxy) is 1. The lowest BCUT2D eigenvalue weighted by Crippen LogP contribution is -2.43. The summed E-state index contributed by atoms with van der Waals surface area (Å²) in [5.74, 6) is 2.30. The van der Waals surface area contributed by atoms with Crippen LogP contribution in [0.3, 0.4) is 0 Å². The van der Waals surface area contributed by atoms with Crippen molar-refractivity contribution in [3.8, 4) is 5.75 Å². The van der Waals surface area contributed by atoms with E-state index in [0.29, 0.717) is 36.1 Å². The third kappa shape index (κ3) is 4.87. The second-order valence-electron chi connectivity index (χ2n) is 12.6. The quantitative estimate of drug-likeness (QED) is 0.491. The Bertz CT molecular complexity index is 1110. The summed E-state index contributed by atoms with van der Waals surface area (Å²) in [6.07, 6.45) is 10.6. The molecule has 0 radical (unpaired) electrons. The summed E-state index contributed by atoms with van der Waals surface area (Å²) >= 11 is 0. The molecule has 5 fully saturated rings. The second kappa shape index (κ2) is 10.3. The van der Waals surface area contributed by atoms with Gasteiger partial charge in [0, 0.05) is 24.0 Å². The summed E-state index contributed by atoms with van der Waals surface area (Å²) < 4.78 is 6.44. The van der Waals surface area contributed by atoms with E-state index >= 15 is 0 Å². The number of fused-ring (bicyclic) bond motifs is 3. The van der Waals surface area contributed by atoms with Crippen molar-refractivity contribution in [1.29, 1.82) is 0 Å². The molecule has 2 aliphatic carbocycles. The Morgan fingerprint density at radius 2 is 1.63 bits per heavy atom. The van der Waals surface area contributed by atoms with Crippen LogP contribution in [0.1, 0.15) is 81.0 Å². The van der Waals surface area contributed by atoms with E-state index in [0.717, 1.165) is 37.9 Å². The molecule has 7 rings (SSSR count). The van der Waals surface area contributed by atoms with Gasteiger partial charge in [0.25, 0.3) is 0 Å². The van der Waals surface area contributed by atoms with Crippen LogP contribution in [0.5, 0.6) is 5.75 Å². The molecule has 6 unspecified atom stereocenters. The number of hydrogen-bond donors (Lipinski definition) is 3. The maximum atomic E-state index is 13.5. The van der Waals surface area contributed by atoms with Gasteiger partial charge in [0.15, 0.2) is 0 Å². The number of hydrogen-bond acceptors (Lipinski definition) is 5. The Labute approximate surface area is 226 Å². The van der Waals surface area contributed by atoms with Gasteiger partial charge in [-0.2, -0.15) is 0 Å². The fraction of sp³-hybridized carbons (Fsp3) is 0.594. The highest BCUT2D eigenvalue weighted by atomic mass is 16.5. The summed E-state index contributed by atoms with van der Waals surface area (Å²) in [6, 6.07) is 21.4. The fourth-order valence-electron chi connectivity index (χ4n) is 7.86. The lowest BCUT2D eigenvalue weighted by Gasteiger charge is -2.36. The van der Waals surface area contributed by atoms with Crippen LogP contribution in [0.25, 0.3) is 0 Å². The summed E-state index contributed by atoms with van der Waals surface area (Å²) in [6.45, 7) is 0. The molecule has 38 heavy (non-hydrogen) atoms. The number of carbonyl (C=O) groups is 1. The third-order valence-electron chi connectivity index (χ3n) is 10.3. The van der Waals surface area contributed by atoms with Gasteiger partial charge in [-0.3, -0.25) is 10.2 Å². The van der Waals surface area contributed by atoms with Crippen LogP contribution < -0.4 is 20.9 Å². The first kappa shape index (κ1) is 24.6. The molecule has 2 aromatic carbocycles. The molecule has 0 spiro atoms. The van der Waals surface area contributed by atoms with Gasteiger partial charge in [-0.25, -0.2) is 5.43 Å². The number of hydrazine groups is 1. The van der Waals surface area contributed by atoms with Crippen LogP contribution in [-0.4, -0.2) is 42.1 Å². The summed E-state index contributed by atoms with van der Waals surface area (Å²) in [5.41, 5.74) is 9.64. The third-order valence-corrected chi connectivity index (χ3v) is 10.3. The van der Waals surface area contributed by atoms with Crippen LogP contribution in [0.15, 0.2) is 54.6 Å². The zero-order chi connectivity index (χ0) is 25.6. The van der Waals surface area contributed by atoms with E-state index in [1.165, 1.54) is 36.8 Å². The van der Waals surface area contributed by atoms with Gasteiger partial charge in [0.1, 0.15) is 11.9 Å². The van der Waals surface area contributed by atoms with Crippen LogP contribution in [-0.2, 0) is 4.79 Å². The number of benzene rings is 2. The molecule has 6 nitrogen and oxygen atoms in total. The first-order valence-corrected chi connectivity index (χ1v) is 15.0. The van der Waals surface area contributed by atoms with Crippen LogP contribution in [0.2, 0.25) is 0 Å². The van der Waals surface area contributed by atoms with Crippen LogP contribution >= 0.6 is 0 Å². The van der Waals surface area contributed by atoms with E-state index in [4.69, 9.17) is 4.74 Å². The van der Waals surface area contributed by atoms with Crippen LogP contribution in [0.4, 0.5) is 0 Å². The van der Waals surface area contributed by atoms with Crippen molar-refractivity contribution in [2.75, 3.05) is 7.05 Å². The monoisotopic (exact) mass is 514 g/mol. The molecule has 3 aliphatic heterocycles. The number of nitrogens with zero attached hydrogens (tertiary/aromatic N) is 1. The smallest absolute Gasteiger partial charge is 0.223 e. The zero-order valence-corrected chi connectivity index (χ0v) is 22.5. The number of amides is 1. The lowest BCUT2D eigenvalue weighted by atomic mass is 9.74. The molecule has 2 aromatic rings. The largest absolute Gasteiger partial charge is 0.490 e. The van der Waals surface area contributed by atoms with Gasteiger partial charge >= 0.3 is 0 Å². The van der Waals surface area contributed by atoms with E-state index in [1.807, 2.05) is 6.07 Å². The molecule has 2 saturated carbocycles. The van der Waals surface area contributed by atoms with Crippen molar-refractivity contribution in [3.05, 3.63) is 65.7 Å². The highest BCUT2D eigenvalue weighted by molar-refractivity contribution is 5.79. The Balaban J connectivity index is 0.984. The SMILES string of the molecule is CN1[C@@H]2CC[C@H]1CC(Oc1ccc(C3NNC4CCC(C(=O)NC(c5ccccc5)C5CC5)CC43)cc1)C2. The average molecular weight is 515 g/mol. The van der Waals surface area contributed by atoms with E-state index in [1.54, 1.807) is 0 Å². The number of carbonyl (C=O) groups excluding carboxylic acids is 1. The lowest BCUT2D eigenvalue weighted by molar-refractivity contribution is -0.127. The molecule has 3 saturated heterocycles. The molecule has 5 aliphatic rings. The van der Waals surface area contributed by atoms with Gasteiger partial charge in [0.2, 0.25) is 5.91 Å². The Morgan fingerprint density at radius 1 is 0.895 bits per heavy atom. The highest BCUT2D eigenvalue weighted by Crippen LogP contribution is 2.44. The summed E-state index contributed by atoms with van der Waals surface area (Å²) in [5, 5.41) is 3.46. The van der Waals surface area contributed by atoms with Crippen molar-refractivity contribution in [3.63, 3.8) is 0 Å². The Morgan fingerprint density at radius 3 is 2.34 bits per heavy atom. The minimum atomic E-state index is 0.0767. The van der Waals surface area contributed by atoms with Crippen molar-refractivity contribution in [1.82, 2.24) is 21.1 Å². The van der Waals surface area contributed by atoms with Crippen molar-refractivity contribution < 1.29 is 9.53 Å². The minimum absolute atomic E-state index is 0.0767. The maximum absolute atomic E-state index is 13.5. The van der Waals surface area contributed by atoms with Crippen molar-refractivity contribution >= 4 is 5.91 Å². The molecule has 202 valence electrons. The molecule has 1 amide bonds. The van der Waals surface area contributed by atoms with Crippen molar-refractivity contribution in [2.45, 2.75) is 94.1 Å². The zero-order valence-electron chi connectivity index (χ0n) is 22.5. The predicted molar refractivity (Wildman–Crippen MR) is 148 cm³/mol. The van der Waals surface area contributed by atoms with Gasteiger partial charge in [0.05, 0.1) is 12.1 Å². The average Bonchev–Trinajstić information content (AvgIpc) is 3.67. The predicted octanol–water partition coefficient (Wildman–Crippen LogP) is 4.89. The first-order chi connectivity index (χ1) is 18.6. The number of piperidine rings is 1. The molecule has 3 heterocycles. The minimum Gasteiger partial charge on any atom is -0.490 e. The molecule has 8 atom stereocenters. The molecular formula is C32H42N4O2. The fourth-order valence-corrected chi connectivity index (χ4v) is 7.86. The normalized spacial score (nSPS) is 35.4. The first-order valence-electron chi connectivity index (χ1n) is 15.0. The molecule has 0 aromatic heterocycles. The molecular weight excluding hydrogens is 472 g/mol. The summed E-state index contributed by atoms with van der Waals surface area (Å²) in [7, 11) is 2.28. The second-order valence-corrected chi connectivity index (χ2v) is 12.6. The standard InChI is InChI=1S/C32H42N4O2/c1-36-24-12-13-25(36)19-27(18-24)38-26-14-9-22(10-15-26)31-28-17-23(11-16-29(28)34-35-31)32(37)33-30(21-7-8-21)20-5-3-2-4-6-20/h2-6,9-10,14-15,21,23-25,27-31,34-35H,7-8,11-13,16-19H2,1H3,(H,33,37)/t23?,24-,25+,27?,28?,29?,30?,31?. The Hall–Kier alpha value is -2.41. The molecule has 6 heteroatoms. The molecule has 3 N–H and O–H groups in total. The van der Waals surface area contributed by atoms with Crippen molar-refractivity contribution in [2.24, 2.45) is 17.8 Å². The number of nitrogens with one attached hydrogen (secondary N) is 3. The maximum Gasteiger partial charge on any atom is 0.223 e. The summed E-state index contributed by atoms with van der Waals surface area (Å²) in [4.78, 5) is 16.0. The van der Waals surface area contributed by atoms with Gasteiger partial charge in [-0.15, -0.1) is 0 Å². The van der Waals surface area contributed by atoms with E-state index in [9.17, 15) is 4.79 Å². The molecule has 2 bridgehead atoms. The number of rotatable bonds is 7. The van der Waals surface area contributed by atoms with Gasteiger partial charge in [-0.05, 0) is 99.9 Å².